The number of aliphatic carboxylic acids is 1. The van der Waals surface area contributed by atoms with Gasteiger partial charge in [-0.3, -0.25) is 9.59 Å². The van der Waals surface area contributed by atoms with Crippen molar-refractivity contribution >= 4 is 23.5 Å². The van der Waals surface area contributed by atoms with Crippen LogP contribution in [-0.4, -0.2) is 35.7 Å². The maximum atomic E-state index is 11.8. The van der Waals surface area contributed by atoms with E-state index in [0.717, 1.165) is 11.3 Å². The van der Waals surface area contributed by atoms with Crippen LogP contribution in [0.3, 0.4) is 0 Å². The Morgan fingerprint density at radius 1 is 1.33 bits per heavy atom. The second-order valence-electron chi connectivity index (χ2n) is 3.88. The molecule has 0 bridgehead atoms. The number of thioether (sulfide) groups is 1. The summed E-state index contributed by atoms with van der Waals surface area (Å²) in [5.74, 6) is 0.0561. The Kier molecular flexibility index (Phi) is 6.46. The first kappa shape index (κ1) is 14.7. The van der Waals surface area contributed by atoms with Crippen molar-refractivity contribution in [1.82, 2.24) is 5.32 Å². The van der Waals surface area contributed by atoms with E-state index in [0.29, 0.717) is 5.75 Å². The molecule has 1 atom stereocenters. The molecule has 0 amide bonds. The lowest BCUT2D eigenvalue weighted by atomic mass is 10.1. The minimum Gasteiger partial charge on any atom is -0.481 e. The number of carboxylic acid groups (broad SMARTS) is 1. The third-order valence-electron chi connectivity index (χ3n) is 2.47. The zero-order valence-electron chi connectivity index (χ0n) is 10.3. The first-order chi connectivity index (χ1) is 8.63. The van der Waals surface area contributed by atoms with Gasteiger partial charge in [-0.2, -0.15) is 0 Å². The third-order valence-corrected chi connectivity index (χ3v) is 3.50. The van der Waals surface area contributed by atoms with Gasteiger partial charge in [-0.1, -0.05) is 30.3 Å². The average molecular weight is 267 g/mol. The van der Waals surface area contributed by atoms with E-state index in [4.69, 9.17) is 5.11 Å². The fourth-order valence-corrected chi connectivity index (χ4v) is 2.43. The molecule has 1 unspecified atom stereocenters. The molecular weight excluding hydrogens is 250 g/mol. The van der Waals surface area contributed by atoms with Gasteiger partial charge in [0, 0.05) is 5.75 Å². The molecule has 5 heteroatoms. The highest BCUT2D eigenvalue weighted by Gasteiger charge is 2.19. The van der Waals surface area contributed by atoms with Gasteiger partial charge in [-0.25, -0.2) is 0 Å². The van der Waals surface area contributed by atoms with Crippen molar-refractivity contribution in [1.29, 1.82) is 0 Å². The number of rotatable bonds is 8. The number of benzene rings is 1. The number of nitrogens with one attached hydrogen (secondary N) is 1. The molecule has 0 fully saturated rings. The Morgan fingerprint density at radius 2 is 2.00 bits per heavy atom. The van der Waals surface area contributed by atoms with Crippen LogP contribution in [0.2, 0.25) is 0 Å². The number of Topliss-reactive ketones (excluding diaryl/α,β-unsaturated/α-hetero) is 1. The number of carbonyl (C=O) groups is 2. The highest BCUT2D eigenvalue weighted by molar-refractivity contribution is 7.99. The SMILES string of the molecule is CNC(CC(=O)O)C(=O)CSCc1ccccc1. The van der Waals surface area contributed by atoms with E-state index in [1.54, 1.807) is 7.05 Å². The van der Waals surface area contributed by atoms with Gasteiger partial charge in [0.25, 0.3) is 0 Å². The lowest BCUT2D eigenvalue weighted by Gasteiger charge is -2.12. The Morgan fingerprint density at radius 3 is 2.56 bits per heavy atom. The van der Waals surface area contributed by atoms with Gasteiger partial charge >= 0.3 is 5.97 Å². The number of ketones is 1. The van der Waals surface area contributed by atoms with Crippen LogP contribution in [0.5, 0.6) is 0 Å². The molecule has 0 aliphatic heterocycles. The first-order valence-corrected chi connectivity index (χ1v) is 6.82. The van der Waals surface area contributed by atoms with Crippen molar-refractivity contribution in [2.24, 2.45) is 0 Å². The fraction of sp³-hybridized carbons (Fsp3) is 0.385. The Bertz CT molecular complexity index is 394. The summed E-state index contributed by atoms with van der Waals surface area (Å²) in [5.41, 5.74) is 1.16. The summed E-state index contributed by atoms with van der Waals surface area (Å²) in [6.07, 6.45) is -0.165. The molecular formula is C13H17NO3S. The van der Waals surface area contributed by atoms with Crippen LogP contribution in [0.25, 0.3) is 0 Å². The van der Waals surface area contributed by atoms with Crippen molar-refractivity contribution in [2.75, 3.05) is 12.8 Å². The number of likely N-dealkylation sites (N-methyl/N-ethyl adjacent to an activating group) is 1. The highest BCUT2D eigenvalue weighted by atomic mass is 32.2. The molecule has 0 aliphatic rings. The summed E-state index contributed by atoms with van der Waals surface area (Å²) in [5, 5.41) is 11.4. The molecule has 0 aliphatic carbocycles. The minimum atomic E-state index is -0.962. The zero-order valence-corrected chi connectivity index (χ0v) is 11.1. The Labute approximate surface area is 111 Å². The lowest BCUT2D eigenvalue weighted by molar-refractivity contribution is -0.139. The quantitative estimate of drug-likeness (QED) is 0.748. The highest BCUT2D eigenvalue weighted by Crippen LogP contribution is 2.12. The molecule has 0 saturated heterocycles. The number of carbonyl (C=O) groups excluding carboxylic acids is 1. The van der Waals surface area contributed by atoms with Crippen LogP contribution >= 0.6 is 11.8 Å². The second kappa shape index (κ2) is 7.89. The van der Waals surface area contributed by atoms with Crippen molar-refractivity contribution in [2.45, 2.75) is 18.2 Å². The summed E-state index contributed by atoms with van der Waals surface area (Å²) in [7, 11) is 1.60. The molecule has 0 saturated carbocycles. The molecule has 0 aromatic heterocycles. The first-order valence-electron chi connectivity index (χ1n) is 5.67. The molecule has 0 radical (unpaired) electrons. The monoisotopic (exact) mass is 267 g/mol. The van der Waals surface area contributed by atoms with Crippen LogP contribution in [-0.2, 0) is 15.3 Å². The summed E-state index contributed by atoms with van der Waals surface area (Å²) in [4.78, 5) is 22.3. The minimum absolute atomic E-state index is 0.0687. The molecule has 2 N–H and O–H groups in total. The Balaban J connectivity index is 2.34. The van der Waals surface area contributed by atoms with Crippen LogP contribution in [0.1, 0.15) is 12.0 Å². The standard InChI is InChI=1S/C13H17NO3S/c1-14-11(7-13(16)17)12(15)9-18-8-10-5-3-2-4-6-10/h2-6,11,14H,7-9H2,1H3,(H,16,17). The number of carboxylic acids is 1. The smallest absolute Gasteiger partial charge is 0.305 e. The van der Waals surface area contributed by atoms with Gasteiger partial charge in [0.1, 0.15) is 0 Å². The van der Waals surface area contributed by atoms with Gasteiger partial charge in [-0.15, -0.1) is 11.8 Å². The predicted molar refractivity (Wildman–Crippen MR) is 72.7 cm³/mol. The Hall–Kier alpha value is -1.33. The summed E-state index contributed by atoms with van der Waals surface area (Å²) in [6.45, 7) is 0. The molecule has 98 valence electrons. The van der Waals surface area contributed by atoms with Gasteiger partial charge < -0.3 is 10.4 Å². The number of hydrogen-bond acceptors (Lipinski definition) is 4. The van der Waals surface area contributed by atoms with Crippen molar-refractivity contribution < 1.29 is 14.7 Å². The maximum Gasteiger partial charge on any atom is 0.305 e. The van der Waals surface area contributed by atoms with E-state index < -0.39 is 12.0 Å². The van der Waals surface area contributed by atoms with Gasteiger partial charge in [0.15, 0.2) is 5.78 Å². The normalized spacial score (nSPS) is 12.1. The van der Waals surface area contributed by atoms with Gasteiger partial charge in [-0.05, 0) is 12.6 Å². The summed E-state index contributed by atoms with van der Waals surface area (Å²) < 4.78 is 0. The van der Waals surface area contributed by atoms with Crippen LogP contribution in [0.15, 0.2) is 30.3 Å². The second-order valence-corrected chi connectivity index (χ2v) is 4.87. The van der Waals surface area contributed by atoms with Crippen molar-refractivity contribution in [3.63, 3.8) is 0 Å². The van der Waals surface area contributed by atoms with Gasteiger partial charge in [0.2, 0.25) is 0 Å². The summed E-state index contributed by atoms with van der Waals surface area (Å²) >= 11 is 1.50. The summed E-state index contributed by atoms with van der Waals surface area (Å²) in [6, 6.07) is 9.28. The van der Waals surface area contributed by atoms with Crippen LogP contribution in [0, 0.1) is 0 Å². The third kappa shape index (κ3) is 5.33. The van der Waals surface area contributed by atoms with Crippen molar-refractivity contribution in [3.8, 4) is 0 Å². The van der Waals surface area contributed by atoms with E-state index in [-0.39, 0.29) is 12.2 Å². The molecule has 0 spiro atoms. The average Bonchev–Trinajstić information content (AvgIpc) is 2.36. The maximum absolute atomic E-state index is 11.8. The van der Waals surface area contributed by atoms with Crippen molar-refractivity contribution in [3.05, 3.63) is 35.9 Å². The topological polar surface area (TPSA) is 66.4 Å². The lowest BCUT2D eigenvalue weighted by Crippen LogP contribution is -2.37. The van der Waals surface area contributed by atoms with E-state index in [1.807, 2.05) is 30.3 Å². The van der Waals surface area contributed by atoms with Crippen LogP contribution in [0.4, 0.5) is 0 Å². The van der Waals surface area contributed by atoms with E-state index >= 15 is 0 Å². The van der Waals surface area contributed by atoms with Crippen LogP contribution < -0.4 is 5.32 Å². The molecule has 18 heavy (non-hydrogen) atoms. The number of hydrogen-bond donors (Lipinski definition) is 2. The fourth-order valence-electron chi connectivity index (χ4n) is 1.50. The van der Waals surface area contributed by atoms with Gasteiger partial charge in [0.05, 0.1) is 18.2 Å². The zero-order chi connectivity index (χ0) is 13.4. The molecule has 0 heterocycles. The van der Waals surface area contributed by atoms with E-state index in [9.17, 15) is 9.59 Å². The largest absolute Gasteiger partial charge is 0.481 e. The molecule has 1 aromatic carbocycles. The molecule has 1 rings (SSSR count). The molecule has 1 aromatic rings. The predicted octanol–water partition coefficient (Wildman–Crippen LogP) is 1.55. The van der Waals surface area contributed by atoms with E-state index in [2.05, 4.69) is 5.32 Å². The molecule has 4 nitrogen and oxygen atoms in total. The van der Waals surface area contributed by atoms with E-state index in [1.165, 1.54) is 11.8 Å².